The van der Waals surface area contributed by atoms with Crippen LogP contribution < -0.4 is 5.32 Å². The second-order valence-corrected chi connectivity index (χ2v) is 5.33. The zero-order valence-corrected chi connectivity index (χ0v) is 11.5. The molecule has 1 heteroatoms. The molecule has 0 aliphatic rings. The van der Waals surface area contributed by atoms with E-state index >= 15 is 0 Å². The number of hydrogen-bond acceptors (Lipinski definition) is 1. The maximum atomic E-state index is 3.78. The van der Waals surface area contributed by atoms with E-state index in [0.29, 0.717) is 6.04 Å². The van der Waals surface area contributed by atoms with Crippen molar-refractivity contribution in [1.82, 2.24) is 5.32 Å². The molecule has 2 unspecified atom stereocenters. The van der Waals surface area contributed by atoms with Crippen LogP contribution in [0.3, 0.4) is 0 Å². The minimum Gasteiger partial charge on any atom is -0.311 e. The highest BCUT2D eigenvalue weighted by Gasteiger charge is 2.11. The Bertz CT molecular complexity index is 131. The van der Waals surface area contributed by atoms with Gasteiger partial charge in [-0.3, -0.25) is 0 Å². The summed E-state index contributed by atoms with van der Waals surface area (Å²) >= 11 is 0. The van der Waals surface area contributed by atoms with Crippen LogP contribution in [-0.2, 0) is 0 Å². The molecule has 2 atom stereocenters. The van der Waals surface area contributed by atoms with Crippen LogP contribution in [0.5, 0.6) is 0 Å². The average molecular weight is 213 g/mol. The van der Waals surface area contributed by atoms with E-state index in [1.807, 2.05) is 0 Å². The molecular weight excluding hydrogens is 182 g/mol. The predicted molar refractivity (Wildman–Crippen MR) is 70.3 cm³/mol. The van der Waals surface area contributed by atoms with Crippen molar-refractivity contribution in [2.24, 2.45) is 5.92 Å². The Morgan fingerprint density at radius 1 is 0.933 bits per heavy atom. The van der Waals surface area contributed by atoms with Gasteiger partial charge in [0.15, 0.2) is 0 Å². The molecule has 0 radical (unpaired) electrons. The summed E-state index contributed by atoms with van der Waals surface area (Å²) in [6.45, 7) is 11.5. The third-order valence-corrected chi connectivity index (χ3v) is 2.89. The highest BCUT2D eigenvalue weighted by molar-refractivity contribution is 4.72. The van der Waals surface area contributed by atoms with Gasteiger partial charge in [0.05, 0.1) is 0 Å². The van der Waals surface area contributed by atoms with E-state index < -0.39 is 0 Å². The molecule has 0 fully saturated rings. The molecule has 15 heavy (non-hydrogen) atoms. The normalized spacial score (nSPS) is 15.6. The van der Waals surface area contributed by atoms with Crippen molar-refractivity contribution in [1.29, 1.82) is 0 Å². The van der Waals surface area contributed by atoms with Gasteiger partial charge < -0.3 is 5.32 Å². The summed E-state index contributed by atoms with van der Waals surface area (Å²) in [6.07, 6.45) is 7.98. The first-order valence-corrected chi connectivity index (χ1v) is 6.86. The molecule has 0 saturated heterocycles. The van der Waals surface area contributed by atoms with E-state index in [1.54, 1.807) is 0 Å². The van der Waals surface area contributed by atoms with Crippen molar-refractivity contribution in [2.45, 2.75) is 85.2 Å². The van der Waals surface area contributed by atoms with Crippen molar-refractivity contribution in [3.05, 3.63) is 0 Å². The molecule has 0 aliphatic carbocycles. The lowest BCUT2D eigenvalue weighted by atomic mass is 10.0. The first-order valence-electron chi connectivity index (χ1n) is 6.86. The zero-order valence-electron chi connectivity index (χ0n) is 11.5. The molecule has 0 aromatic rings. The van der Waals surface area contributed by atoms with Gasteiger partial charge in [-0.25, -0.2) is 0 Å². The van der Waals surface area contributed by atoms with Crippen LogP contribution in [0.2, 0.25) is 0 Å². The van der Waals surface area contributed by atoms with E-state index in [-0.39, 0.29) is 0 Å². The number of nitrogens with one attached hydrogen (secondary N) is 1. The number of hydrogen-bond donors (Lipinski definition) is 1. The summed E-state index contributed by atoms with van der Waals surface area (Å²) in [5.74, 6) is 0.806. The standard InChI is InChI=1S/C14H31N/c1-6-8-10-14(9-7-2)15-13(5)11-12(3)4/h12-15H,6-11H2,1-5H3. The Labute approximate surface area is 97.0 Å². The Morgan fingerprint density at radius 3 is 2.07 bits per heavy atom. The molecule has 0 aliphatic heterocycles. The van der Waals surface area contributed by atoms with Crippen LogP contribution in [0.1, 0.15) is 73.1 Å². The third-order valence-electron chi connectivity index (χ3n) is 2.89. The Balaban J connectivity index is 3.80. The van der Waals surface area contributed by atoms with Gasteiger partial charge in [0.1, 0.15) is 0 Å². The van der Waals surface area contributed by atoms with Crippen molar-refractivity contribution < 1.29 is 0 Å². The molecule has 0 bridgehead atoms. The van der Waals surface area contributed by atoms with Crippen LogP contribution in [-0.4, -0.2) is 12.1 Å². The fourth-order valence-corrected chi connectivity index (χ4v) is 2.29. The molecular formula is C14H31N. The molecule has 0 spiro atoms. The minimum absolute atomic E-state index is 0.679. The maximum absolute atomic E-state index is 3.78. The number of unbranched alkanes of at least 4 members (excludes halogenated alkanes) is 1. The van der Waals surface area contributed by atoms with E-state index in [2.05, 4.69) is 39.9 Å². The van der Waals surface area contributed by atoms with Gasteiger partial charge >= 0.3 is 0 Å². The number of rotatable bonds is 9. The van der Waals surface area contributed by atoms with Gasteiger partial charge in [-0.15, -0.1) is 0 Å². The molecule has 1 N–H and O–H groups in total. The molecule has 92 valence electrons. The summed E-state index contributed by atoms with van der Waals surface area (Å²) in [5.41, 5.74) is 0. The van der Waals surface area contributed by atoms with Crippen LogP contribution in [0.15, 0.2) is 0 Å². The van der Waals surface area contributed by atoms with Crippen LogP contribution >= 0.6 is 0 Å². The van der Waals surface area contributed by atoms with Gasteiger partial charge in [-0.2, -0.15) is 0 Å². The maximum Gasteiger partial charge on any atom is 0.00694 e. The zero-order chi connectivity index (χ0) is 11.7. The van der Waals surface area contributed by atoms with Crippen molar-refractivity contribution >= 4 is 0 Å². The van der Waals surface area contributed by atoms with Gasteiger partial charge in [0.2, 0.25) is 0 Å². The van der Waals surface area contributed by atoms with Crippen molar-refractivity contribution in [3.63, 3.8) is 0 Å². The van der Waals surface area contributed by atoms with Gasteiger partial charge in [0.25, 0.3) is 0 Å². The summed E-state index contributed by atoms with van der Waals surface area (Å²) in [6, 6.07) is 1.43. The highest BCUT2D eigenvalue weighted by atomic mass is 14.9. The largest absolute Gasteiger partial charge is 0.311 e. The lowest BCUT2D eigenvalue weighted by Crippen LogP contribution is -2.37. The first kappa shape index (κ1) is 15.0. The SMILES string of the molecule is CCCCC(CCC)NC(C)CC(C)C. The quantitative estimate of drug-likeness (QED) is 0.600. The van der Waals surface area contributed by atoms with Crippen LogP contribution in [0, 0.1) is 5.92 Å². The Kier molecular flexibility index (Phi) is 9.18. The smallest absolute Gasteiger partial charge is 0.00694 e. The lowest BCUT2D eigenvalue weighted by Gasteiger charge is -2.24. The first-order chi connectivity index (χ1) is 7.10. The second-order valence-electron chi connectivity index (χ2n) is 5.33. The minimum atomic E-state index is 0.679. The summed E-state index contributed by atoms with van der Waals surface area (Å²) in [7, 11) is 0. The molecule has 0 aromatic carbocycles. The fourth-order valence-electron chi connectivity index (χ4n) is 2.29. The second kappa shape index (κ2) is 9.21. The summed E-state index contributed by atoms with van der Waals surface area (Å²) in [4.78, 5) is 0. The van der Waals surface area contributed by atoms with E-state index in [0.717, 1.165) is 12.0 Å². The monoisotopic (exact) mass is 213 g/mol. The van der Waals surface area contributed by atoms with E-state index in [4.69, 9.17) is 0 Å². The molecule has 0 aromatic heterocycles. The van der Waals surface area contributed by atoms with Gasteiger partial charge in [-0.1, -0.05) is 47.0 Å². The summed E-state index contributed by atoms with van der Waals surface area (Å²) < 4.78 is 0. The Morgan fingerprint density at radius 2 is 1.60 bits per heavy atom. The summed E-state index contributed by atoms with van der Waals surface area (Å²) in [5, 5.41) is 3.78. The predicted octanol–water partition coefficient (Wildman–Crippen LogP) is 4.37. The van der Waals surface area contributed by atoms with Crippen LogP contribution in [0.4, 0.5) is 0 Å². The Hall–Kier alpha value is -0.0400. The molecule has 0 rings (SSSR count). The third kappa shape index (κ3) is 8.92. The van der Waals surface area contributed by atoms with E-state index in [9.17, 15) is 0 Å². The lowest BCUT2D eigenvalue weighted by molar-refractivity contribution is 0.355. The van der Waals surface area contributed by atoms with Gasteiger partial charge in [-0.05, 0) is 32.1 Å². The van der Waals surface area contributed by atoms with Crippen molar-refractivity contribution in [2.75, 3.05) is 0 Å². The van der Waals surface area contributed by atoms with Crippen molar-refractivity contribution in [3.8, 4) is 0 Å². The topological polar surface area (TPSA) is 12.0 Å². The fraction of sp³-hybridized carbons (Fsp3) is 1.00. The molecule has 1 nitrogen and oxygen atoms in total. The van der Waals surface area contributed by atoms with Crippen LogP contribution in [0.25, 0.3) is 0 Å². The molecule has 0 amide bonds. The average Bonchev–Trinajstić information content (AvgIpc) is 2.13. The van der Waals surface area contributed by atoms with E-state index in [1.165, 1.54) is 38.5 Å². The van der Waals surface area contributed by atoms with Gasteiger partial charge in [0, 0.05) is 12.1 Å². The molecule has 0 heterocycles. The molecule has 0 saturated carbocycles. The highest BCUT2D eigenvalue weighted by Crippen LogP contribution is 2.11.